The summed E-state index contributed by atoms with van der Waals surface area (Å²) in [6, 6.07) is -0.837. The monoisotopic (exact) mass is 270 g/mol. The van der Waals surface area contributed by atoms with Gasteiger partial charge in [-0.25, -0.2) is 9.59 Å². The van der Waals surface area contributed by atoms with Gasteiger partial charge < -0.3 is 19.6 Å². The number of morpholine rings is 1. The first-order chi connectivity index (χ1) is 9.00. The van der Waals surface area contributed by atoms with Gasteiger partial charge in [-0.05, 0) is 25.7 Å². The highest BCUT2D eigenvalue weighted by Gasteiger charge is 2.38. The highest BCUT2D eigenvalue weighted by atomic mass is 16.5. The lowest BCUT2D eigenvalue weighted by Gasteiger charge is -2.42. The summed E-state index contributed by atoms with van der Waals surface area (Å²) in [6.07, 6.45) is 1.41. The van der Waals surface area contributed by atoms with Crippen LogP contribution in [-0.4, -0.2) is 65.3 Å². The van der Waals surface area contributed by atoms with Crippen LogP contribution in [0.2, 0.25) is 0 Å². The predicted octanol–water partition coefficient (Wildman–Crippen LogP) is 1.01. The second-order valence-electron chi connectivity index (χ2n) is 5.58. The number of nitrogens with zero attached hydrogens (tertiary/aromatic N) is 2. The molecule has 0 bridgehead atoms. The van der Waals surface area contributed by atoms with Gasteiger partial charge in [-0.2, -0.15) is 0 Å². The van der Waals surface area contributed by atoms with E-state index in [0.717, 1.165) is 6.42 Å². The lowest BCUT2D eigenvalue weighted by molar-refractivity contribution is -0.144. The van der Waals surface area contributed by atoms with Crippen LogP contribution in [-0.2, 0) is 9.53 Å². The van der Waals surface area contributed by atoms with Gasteiger partial charge in [-0.3, -0.25) is 0 Å². The lowest BCUT2D eigenvalue weighted by atomic mass is 9.92. The summed E-state index contributed by atoms with van der Waals surface area (Å²) in [7, 11) is 0. The molecule has 2 fully saturated rings. The Morgan fingerprint density at radius 3 is 2.58 bits per heavy atom. The predicted molar refractivity (Wildman–Crippen MR) is 68.9 cm³/mol. The molecule has 0 aromatic carbocycles. The Morgan fingerprint density at radius 2 is 1.95 bits per heavy atom. The van der Waals surface area contributed by atoms with Crippen molar-refractivity contribution in [1.82, 2.24) is 9.80 Å². The third-order valence-electron chi connectivity index (χ3n) is 4.01. The number of ether oxygens (including phenoxy) is 1. The molecule has 2 aliphatic rings. The van der Waals surface area contributed by atoms with Crippen LogP contribution < -0.4 is 0 Å². The van der Waals surface area contributed by atoms with E-state index in [1.54, 1.807) is 4.90 Å². The SMILES string of the molecule is CC1CCN(C(=O)N2CCOCC2C)C(C(=O)O)C1. The topological polar surface area (TPSA) is 70.1 Å². The fraction of sp³-hybridized carbons (Fsp3) is 0.846. The molecular formula is C13H22N2O4. The molecule has 0 aliphatic carbocycles. The molecule has 3 atom stereocenters. The van der Waals surface area contributed by atoms with Gasteiger partial charge >= 0.3 is 12.0 Å². The molecule has 2 amide bonds. The van der Waals surface area contributed by atoms with Crippen molar-refractivity contribution in [2.75, 3.05) is 26.3 Å². The average Bonchev–Trinajstić information content (AvgIpc) is 2.38. The number of likely N-dealkylation sites (tertiary alicyclic amines) is 1. The van der Waals surface area contributed by atoms with Crippen molar-refractivity contribution in [2.45, 2.75) is 38.8 Å². The van der Waals surface area contributed by atoms with E-state index in [2.05, 4.69) is 0 Å². The number of rotatable bonds is 1. The Hall–Kier alpha value is -1.30. The average molecular weight is 270 g/mol. The Balaban J connectivity index is 2.09. The van der Waals surface area contributed by atoms with Crippen LogP contribution in [0, 0.1) is 5.92 Å². The standard InChI is InChI=1S/C13H22N2O4/c1-9-3-4-15(11(7-9)12(16)17)13(18)14-5-6-19-8-10(14)2/h9-11H,3-8H2,1-2H3,(H,16,17). The summed E-state index contributed by atoms with van der Waals surface area (Å²) in [4.78, 5) is 27.1. The second kappa shape index (κ2) is 5.77. The maximum atomic E-state index is 12.5. The van der Waals surface area contributed by atoms with E-state index in [9.17, 15) is 14.7 Å². The number of amides is 2. The van der Waals surface area contributed by atoms with Crippen molar-refractivity contribution in [3.8, 4) is 0 Å². The van der Waals surface area contributed by atoms with E-state index in [4.69, 9.17) is 4.74 Å². The van der Waals surface area contributed by atoms with Crippen molar-refractivity contribution in [3.63, 3.8) is 0 Å². The highest BCUT2D eigenvalue weighted by molar-refractivity contribution is 5.83. The molecular weight excluding hydrogens is 248 g/mol. The zero-order valence-electron chi connectivity index (χ0n) is 11.5. The molecule has 0 aromatic heterocycles. The number of carbonyl (C=O) groups is 2. The van der Waals surface area contributed by atoms with Crippen LogP contribution in [0.1, 0.15) is 26.7 Å². The number of piperidine rings is 1. The van der Waals surface area contributed by atoms with Gasteiger partial charge in [0.05, 0.1) is 19.3 Å². The number of aliphatic carboxylic acids is 1. The van der Waals surface area contributed by atoms with Gasteiger partial charge in [0, 0.05) is 13.1 Å². The summed E-state index contributed by atoms with van der Waals surface area (Å²) in [5.74, 6) is -0.548. The summed E-state index contributed by atoms with van der Waals surface area (Å²) in [5, 5.41) is 9.30. The van der Waals surface area contributed by atoms with E-state index in [1.807, 2.05) is 13.8 Å². The van der Waals surface area contributed by atoms with E-state index >= 15 is 0 Å². The van der Waals surface area contributed by atoms with Gasteiger partial charge in [0.1, 0.15) is 6.04 Å². The third-order valence-corrected chi connectivity index (χ3v) is 4.01. The van der Waals surface area contributed by atoms with Crippen molar-refractivity contribution in [1.29, 1.82) is 0 Å². The smallest absolute Gasteiger partial charge is 0.326 e. The Morgan fingerprint density at radius 1 is 1.21 bits per heavy atom. The van der Waals surface area contributed by atoms with Crippen molar-refractivity contribution in [3.05, 3.63) is 0 Å². The van der Waals surface area contributed by atoms with E-state index < -0.39 is 12.0 Å². The summed E-state index contributed by atoms with van der Waals surface area (Å²) >= 11 is 0. The van der Waals surface area contributed by atoms with Crippen molar-refractivity contribution in [2.24, 2.45) is 5.92 Å². The minimum absolute atomic E-state index is 0.00930. The minimum Gasteiger partial charge on any atom is -0.480 e. The Kier molecular flexibility index (Phi) is 4.29. The Bertz CT molecular complexity index is 361. The number of carboxylic acid groups (broad SMARTS) is 1. The van der Waals surface area contributed by atoms with Crippen LogP contribution in [0.3, 0.4) is 0 Å². The van der Waals surface area contributed by atoms with Crippen molar-refractivity contribution >= 4 is 12.0 Å². The van der Waals surface area contributed by atoms with Gasteiger partial charge in [0.25, 0.3) is 0 Å². The van der Waals surface area contributed by atoms with Crippen LogP contribution in [0.15, 0.2) is 0 Å². The summed E-state index contributed by atoms with van der Waals surface area (Å²) in [6.45, 7) is 6.08. The third kappa shape index (κ3) is 3.00. The molecule has 2 saturated heterocycles. The molecule has 19 heavy (non-hydrogen) atoms. The van der Waals surface area contributed by atoms with Gasteiger partial charge in [-0.1, -0.05) is 6.92 Å². The van der Waals surface area contributed by atoms with Crippen molar-refractivity contribution < 1.29 is 19.4 Å². The molecule has 6 nitrogen and oxygen atoms in total. The number of carboxylic acids is 1. The van der Waals surface area contributed by atoms with Crippen LogP contribution in [0.4, 0.5) is 4.79 Å². The summed E-state index contributed by atoms with van der Waals surface area (Å²) in [5.41, 5.74) is 0. The fourth-order valence-corrected chi connectivity index (χ4v) is 2.78. The molecule has 0 radical (unpaired) electrons. The largest absolute Gasteiger partial charge is 0.480 e. The lowest BCUT2D eigenvalue weighted by Crippen LogP contribution is -2.58. The molecule has 6 heteroatoms. The van der Waals surface area contributed by atoms with E-state index in [1.165, 1.54) is 4.90 Å². The van der Waals surface area contributed by atoms with Gasteiger partial charge in [0.15, 0.2) is 0 Å². The maximum absolute atomic E-state index is 12.5. The number of carbonyl (C=O) groups excluding carboxylic acids is 1. The molecule has 3 unspecified atom stereocenters. The minimum atomic E-state index is -0.902. The fourth-order valence-electron chi connectivity index (χ4n) is 2.78. The van der Waals surface area contributed by atoms with Crippen LogP contribution in [0.5, 0.6) is 0 Å². The summed E-state index contributed by atoms with van der Waals surface area (Å²) < 4.78 is 5.31. The van der Waals surface area contributed by atoms with Crippen LogP contribution in [0.25, 0.3) is 0 Å². The normalized spacial score (nSPS) is 32.2. The number of urea groups is 1. The molecule has 1 N–H and O–H groups in total. The quantitative estimate of drug-likeness (QED) is 0.772. The Labute approximate surface area is 113 Å². The zero-order chi connectivity index (χ0) is 14.0. The zero-order valence-corrected chi connectivity index (χ0v) is 11.5. The molecule has 0 saturated carbocycles. The first kappa shape index (κ1) is 14.1. The molecule has 108 valence electrons. The van der Waals surface area contributed by atoms with Gasteiger partial charge in [0.2, 0.25) is 0 Å². The molecule has 2 rings (SSSR count). The number of hydrogen-bond acceptors (Lipinski definition) is 3. The maximum Gasteiger partial charge on any atom is 0.326 e. The second-order valence-corrected chi connectivity index (χ2v) is 5.58. The molecule has 2 aliphatic heterocycles. The van der Waals surface area contributed by atoms with E-state index in [-0.39, 0.29) is 12.1 Å². The van der Waals surface area contributed by atoms with Crippen LogP contribution >= 0.6 is 0 Å². The molecule has 0 aromatic rings. The first-order valence-electron chi connectivity index (χ1n) is 6.88. The van der Waals surface area contributed by atoms with E-state index in [0.29, 0.717) is 38.6 Å². The molecule has 0 spiro atoms. The highest BCUT2D eigenvalue weighted by Crippen LogP contribution is 2.24. The first-order valence-corrected chi connectivity index (χ1v) is 6.88. The number of hydrogen-bond donors (Lipinski definition) is 1. The van der Waals surface area contributed by atoms with Gasteiger partial charge in [-0.15, -0.1) is 0 Å². The molecule has 2 heterocycles.